The molecule has 1 fully saturated rings. The van der Waals surface area contributed by atoms with Gasteiger partial charge in [0.15, 0.2) is 0 Å². The molecule has 1 saturated carbocycles. The molecule has 1 aliphatic rings. The van der Waals surface area contributed by atoms with Crippen LogP contribution in [-0.4, -0.2) is 18.8 Å². The Morgan fingerprint density at radius 1 is 1.24 bits per heavy atom. The summed E-state index contributed by atoms with van der Waals surface area (Å²) in [6.45, 7) is 6.93. The molecule has 0 aromatic heterocycles. The van der Waals surface area contributed by atoms with Gasteiger partial charge in [0.25, 0.3) is 0 Å². The van der Waals surface area contributed by atoms with Crippen molar-refractivity contribution in [2.45, 2.75) is 58.3 Å². The molecule has 4 heteroatoms. The van der Waals surface area contributed by atoms with Crippen LogP contribution in [0.3, 0.4) is 0 Å². The van der Waals surface area contributed by atoms with Gasteiger partial charge in [0.2, 0.25) is 0 Å². The van der Waals surface area contributed by atoms with Crippen LogP contribution in [0.5, 0.6) is 5.75 Å². The van der Waals surface area contributed by atoms with Gasteiger partial charge in [0.05, 0.1) is 12.2 Å². The van der Waals surface area contributed by atoms with E-state index in [2.05, 4.69) is 24.5 Å². The van der Waals surface area contributed by atoms with Crippen LogP contribution in [0, 0.1) is 5.92 Å². The highest BCUT2D eigenvalue weighted by atomic mass is 16.5. The second-order valence-corrected chi connectivity index (χ2v) is 6.11. The third-order valence-electron chi connectivity index (χ3n) is 4.02. The van der Waals surface area contributed by atoms with Gasteiger partial charge in [-0.25, -0.2) is 0 Å². The van der Waals surface area contributed by atoms with E-state index in [0.717, 1.165) is 31.6 Å². The van der Waals surface area contributed by atoms with E-state index in [0.29, 0.717) is 12.0 Å². The lowest BCUT2D eigenvalue weighted by Crippen LogP contribution is -2.36. The van der Waals surface area contributed by atoms with E-state index in [1.807, 2.05) is 26.0 Å². The van der Waals surface area contributed by atoms with Crippen molar-refractivity contribution in [3.8, 4) is 5.75 Å². The van der Waals surface area contributed by atoms with Gasteiger partial charge in [-0.05, 0) is 63.6 Å². The summed E-state index contributed by atoms with van der Waals surface area (Å²) in [5.41, 5.74) is 4.16. The van der Waals surface area contributed by atoms with E-state index < -0.39 is 0 Å². The molecule has 1 unspecified atom stereocenters. The van der Waals surface area contributed by atoms with Crippen molar-refractivity contribution in [3.05, 3.63) is 29.8 Å². The van der Waals surface area contributed by atoms with Crippen LogP contribution in [0.15, 0.2) is 24.3 Å². The number of nitrogens with one attached hydrogen (secondary N) is 1. The zero-order valence-electron chi connectivity index (χ0n) is 13.3. The molecular formula is C17H28N2O2. The maximum Gasteiger partial charge on any atom is 0.119 e. The zero-order chi connectivity index (χ0) is 15.2. The van der Waals surface area contributed by atoms with Crippen LogP contribution < -0.4 is 16.0 Å². The van der Waals surface area contributed by atoms with Crippen molar-refractivity contribution in [2.75, 3.05) is 6.61 Å². The molecule has 0 radical (unpaired) electrons. The summed E-state index contributed by atoms with van der Waals surface area (Å²) in [6, 6.07) is 8.43. The minimum atomic E-state index is 0.199. The Balaban J connectivity index is 1.86. The first kappa shape index (κ1) is 16.3. The van der Waals surface area contributed by atoms with Crippen LogP contribution >= 0.6 is 0 Å². The fraction of sp³-hybridized carbons (Fsp3) is 0.647. The largest absolute Gasteiger partial charge is 0.491 e. The van der Waals surface area contributed by atoms with Gasteiger partial charge in [-0.3, -0.25) is 11.3 Å². The Morgan fingerprint density at radius 2 is 1.90 bits per heavy atom. The molecule has 0 bridgehead atoms. The molecular weight excluding hydrogens is 264 g/mol. The summed E-state index contributed by atoms with van der Waals surface area (Å²) >= 11 is 0. The van der Waals surface area contributed by atoms with Crippen LogP contribution in [0.4, 0.5) is 0 Å². The second-order valence-electron chi connectivity index (χ2n) is 6.11. The topological polar surface area (TPSA) is 56.5 Å². The number of ether oxygens (including phenoxy) is 2. The third-order valence-corrected chi connectivity index (χ3v) is 4.02. The normalized spacial score (nSPS) is 22.9. The number of hydrogen-bond acceptors (Lipinski definition) is 4. The predicted molar refractivity (Wildman–Crippen MR) is 85.0 cm³/mol. The fourth-order valence-corrected chi connectivity index (χ4v) is 2.92. The van der Waals surface area contributed by atoms with Gasteiger partial charge in [-0.2, -0.15) is 0 Å². The molecule has 0 amide bonds. The summed E-state index contributed by atoms with van der Waals surface area (Å²) < 4.78 is 11.3. The summed E-state index contributed by atoms with van der Waals surface area (Å²) in [6.07, 6.45) is 4.02. The van der Waals surface area contributed by atoms with E-state index in [1.165, 1.54) is 5.56 Å². The van der Waals surface area contributed by atoms with Gasteiger partial charge in [0, 0.05) is 12.6 Å². The highest BCUT2D eigenvalue weighted by Crippen LogP contribution is 2.36. The molecule has 0 spiro atoms. The maximum absolute atomic E-state index is 5.73. The number of rotatable bonds is 8. The van der Waals surface area contributed by atoms with E-state index >= 15 is 0 Å². The van der Waals surface area contributed by atoms with Crippen molar-refractivity contribution in [2.24, 2.45) is 11.8 Å². The van der Waals surface area contributed by atoms with Gasteiger partial charge in [-0.1, -0.05) is 12.1 Å². The summed E-state index contributed by atoms with van der Waals surface area (Å²) in [5.74, 6) is 7.34. The lowest BCUT2D eigenvalue weighted by atomic mass is 9.77. The molecule has 1 atom stereocenters. The Morgan fingerprint density at radius 3 is 2.43 bits per heavy atom. The molecule has 0 saturated heterocycles. The highest BCUT2D eigenvalue weighted by molar-refractivity contribution is 5.29. The summed E-state index contributed by atoms with van der Waals surface area (Å²) in [5, 5.41) is 0. The Kier molecular flexibility index (Phi) is 6.03. The first-order valence-electron chi connectivity index (χ1n) is 7.96. The minimum absolute atomic E-state index is 0.199. The molecule has 1 aliphatic carbocycles. The molecule has 3 N–H and O–H groups in total. The molecule has 21 heavy (non-hydrogen) atoms. The first-order chi connectivity index (χ1) is 10.1. The Hall–Kier alpha value is -1.10. The SMILES string of the molecule is CCOC1CC(CC(NN)c2ccc(OC(C)C)cc2)C1. The van der Waals surface area contributed by atoms with Gasteiger partial charge >= 0.3 is 0 Å². The van der Waals surface area contributed by atoms with Crippen molar-refractivity contribution >= 4 is 0 Å². The summed E-state index contributed by atoms with van der Waals surface area (Å²) in [7, 11) is 0. The van der Waals surface area contributed by atoms with Crippen molar-refractivity contribution in [1.82, 2.24) is 5.43 Å². The number of hydrazine groups is 1. The maximum atomic E-state index is 5.73. The third kappa shape index (κ3) is 4.70. The Labute approximate surface area is 128 Å². The fourth-order valence-electron chi connectivity index (χ4n) is 2.92. The first-order valence-corrected chi connectivity index (χ1v) is 7.96. The number of hydrogen-bond donors (Lipinski definition) is 2. The second kappa shape index (κ2) is 7.78. The minimum Gasteiger partial charge on any atom is -0.491 e. The van der Waals surface area contributed by atoms with Crippen molar-refractivity contribution in [3.63, 3.8) is 0 Å². The molecule has 118 valence electrons. The molecule has 0 heterocycles. The average molecular weight is 292 g/mol. The van der Waals surface area contributed by atoms with Gasteiger partial charge in [-0.15, -0.1) is 0 Å². The molecule has 4 nitrogen and oxygen atoms in total. The van der Waals surface area contributed by atoms with Crippen LogP contribution in [-0.2, 0) is 4.74 Å². The monoisotopic (exact) mass is 292 g/mol. The molecule has 1 aromatic carbocycles. The number of benzene rings is 1. The summed E-state index contributed by atoms with van der Waals surface area (Å²) in [4.78, 5) is 0. The van der Waals surface area contributed by atoms with E-state index in [-0.39, 0.29) is 12.1 Å². The lowest BCUT2D eigenvalue weighted by Gasteiger charge is -2.37. The smallest absolute Gasteiger partial charge is 0.119 e. The zero-order valence-corrected chi connectivity index (χ0v) is 13.3. The predicted octanol–water partition coefficient (Wildman–Crippen LogP) is 3.18. The van der Waals surface area contributed by atoms with Gasteiger partial charge < -0.3 is 9.47 Å². The van der Waals surface area contributed by atoms with Crippen LogP contribution in [0.2, 0.25) is 0 Å². The van der Waals surface area contributed by atoms with Crippen LogP contribution in [0.25, 0.3) is 0 Å². The quantitative estimate of drug-likeness (QED) is 0.571. The van der Waals surface area contributed by atoms with E-state index in [9.17, 15) is 0 Å². The van der Waals surface area contributed by atoms with Crippen LogP contribution in [0.1, 0.15) is 51.6 Å². The van der Waals surface area contributed by atoms with Crippen molar-refractivity contribution in [1.29, 1.82) is 0 Å². The molecule has 2 rings (SSSR count). The van der Waals surface area contributed by atoms with Crippen molar-refractivity contribution < 1.29 is 9.47 Å². The van der Waals surface area contributed by atoms with Gasteiger partial charge in [0.1, 0.15) is 5.75 Å². The lowest BCUT2D eigenvalue weighted by molar-refractivity contribution is -0.0291. The molecule has 0 aliphatic heterocycles. The average Bonchev–Trinajstić information content (AvgIpc) is 2.42. The highest BCUT2D eigenvalue weighted by Gasteiger charge is 2.31. The Bertz CT molecular complexity index is 413. The standard InChI is InChI=1S/C17H28N2O2/c1-4-20-16-9-13(10-16)11-17(19-18)14-5-7-15(8-6-14)21-12(2)3/h5-8,12-13,16-17,19H,4,9-11,18H2,1-3H3. The van der Waals surface area contributed by atoms with E-state index in [1.54, 1.807) is 0 Å². The van der Waals surface area contributed by atoms with E-state index in [4.69, 9.17) is 15.3 Å². The number of nitrogens with two attached hydrogens (primary N) is 1. The molecule has 1 aromatic rings.